The highest BCUT2D eigenvalue weighted by Crippen LogP contribution is 2.23. The third kappa shape index (κ3) is 3.66. The third-order valence-electron chi connectivity index (χ3n) is 3.32. The number of thiazole rings is 1. The smallest absolute Gasteiger partial charge is 0.292 e. The Morgan fingerprint density at radius 2 is 1.92 bits per heavy atom. The fourth-order valence-corrected chi connectivity index (χ4v) is 3.10. The van der Waals surface area contributed by atoms with Crippen molar-refractivity contribution in [1.29, 1.82) is 0 Å². The first kappa shape index (κ1) is 15.9. The van der Waals surface area contributed by atoms with Crippen molar-refractivity contribution < 1.29 is 9.72 Å². The van der Waals surface area contributed by atoms with Crippen LogP contribution in [0.5, 0.6) is 0 Å². The number of rotatable bonds is 6. The zero-order valence-electron chi connectivity index (χ0n) is 12.6. The molecule has 24 heavy (non-hydrogen) atoms. The predicted molar refractivity (Wildman–Crippen MR) is 93.1 cm³/mol. The van der Waals surface area contributed by atoms with Crippen LogP contribution in [0, 0.1) is 10.1 Å². The van der Waals surface area contributed by atoms with E-state index in [-0.39, 0.29) is 18.1 Å². The molecule has 8 heteroatoms. The topological polar surface area (TPSA) is 97.2 Å². The number of carbonyl (C=O) groups excluding carboxylic acids is 1. The molecule has 1 aromatic heterocycles. The van der Waals surface area contributed by atoms with Crippen LogP contribution in [0.25, 0.3) is 10.2 Å². The van der Waals surface area contributed by atoms with Gasteiger partial charge in [0.05, 0.1) is 28.2 Å². The number of fused-ring (bicyclic) bond motifs is 1. The van der Waals surface area contributed by atoms with Gasteiger partial charge < -0.3 is 10.6 Å². The maximum Gasteiger partial charge on any atom is 0.292 e. The fourth-order valence-electron chi connectivity index (χ4n) is 2.19. The van der Waals surface area contributed by atoms with Gasteiger partial charge in [-0.3, -0.25) is 14.9 Å². The van der Waals surface area contributed by atoms with Gasteiger partial charge in [-0.25, -0.2) is 4.98 Å². The molecule has 0 saturated carbocycles. The first-order chi connectivity index (χ1) is 11.6. The first-order valence-electron chi connectivity index (χ1n) is 7.22. The summed E-state index contributed by atoms with van der Waals surface area (Å²) in [4.78, 5) is 26.8. The average Bonchev–Trinajstić information content (AvgIpc) is 3.01. The predicted octanol–water partition coefficient (Wildman–Crippen LogP) is 2.93. The molecule has 0 aliphatic rings. The number of hydrogen-bond donors (Lipinski definition) is 2. The van der Waals surface area contributed by atoms with Gasteiger partial charge in [-0.1, -0.05) is 24.3 Å². The van der Waals surface area contributed by atoms with E-state index in [2.05, 4.69) is 15.6 Å². The highest BCUT2D eigenvalue weighted by atomic mass is 32.1. The summed E-state index contributed by atoms with van der Waals surface area (Å²) >= 11 is 1.52. The van der Waals surface area contributed by atoms with E-state index in [0.29, 0.717) is 12.2 Å². The number of nitro groups is 1. The molecule has 2 aromatic carbocycles. The van der Waals surface area contributed by atoms with E-state index in [0.717, 1.165) is 15.2 Å². The van der Waals surface area contributed by atoms with E-state index >= 15 is 0 Å². The molecule has 3 aromatic rings. The Balaban J connectivity index is 1.55. The lowest BCUT2D eigenvalue weighted by molar-refractivity contribution is -0.383. The Morgan fingerprint density at radius 3 is 2.71 bits per heavy atom. The van der Waals surface area contributed by atoms with Gasteiger partial charge >= 0.3 is 0 Å². The van der Waals surface area contributed by atoms with E-state index in [1.54, 1.807) is 18.2 Å². The molecule has 0 unspecified atom stereocenters. The summed E-state index contributed by atoms with van der Waals surface area (Å²) in [5, 5.41) is 17.3. The Kier molecular flexibility index (Phi) is 4.66. The van der Waals surface area contributed by atoms with Gasteiger partial charge in [0.15, 0.2) is 0 Å². The highest BCUT2D eigenvalue weighted by molar-refractivity contribution is 7.18. The molecule has 0 spiro atoms. The molecule has 0 atom stereocenters. The molecule has 3 rings (SSSR count). The van der Waals surface area contributed by atoms with Gasteiger partial charge in [-0.15, -0.1) is 11.3 Å². The summed E-state index contributed by atoms with van der Waals surface area (Å²) in [5.74, 6) is -0.257. The van der Waals surface area contributed by atoms with Gasteiger partial charge in [0.25, 0.3) is 5.69 Å². The first-order valence-corrected chi connectivity index (χ1v) is 8.03. The molecule has 0 fully saturated rings. The van der Waals surface area contributed by atoms with Gasteiger partial charge in [0.1, 0.15) is 10.7 Å². The van der Waals surface area contributed by atoms with Gasteiger partial charge in [-0.05, 0) is 18.2 Å². The molecule has 7 nitrogen and oxygen atoms in total. The number of nitrogens with zero attached hydrogens (tertiary/aromatic N) is 2. The number of nitrogens with one attached hydrogen (secondary N) is 2. The van der Waals surface area contributed by atoms with Gasteiger partial charge in [0.2, 0.25) is 5.91 Å². The average molecular weight is 342 g/mol. The SMILES string of the molecule is O=C(CNc1ccccc1[N+](=O)[O-])NCc1nc2ccccc2s1. The van der Waals surface area contributed by atoms with E-state index in [4.69, 9.17) is 0 Å². The van der Waals surface area contributed by atoms with Crippen molar-refractivity contribution in [3.05, 3.63) is 63.7 Å². The van der Waals surface area contributed by atoms with Crippen LogP contribution in [0.15, 0.2) is 48.5 Å². The van der Waals surface area contributed by atoms with Gasteiger partial charge in [-0.2, -0.15) is 0 Å². The molecular weight excluding hydrogens is 328 g/mol. The molecule has 2 N–H and O–H groups in total. The number of aromatic nitrogens is 1. The number of benzene rings is 2. The standard InChI is InChI=1S/C16H14N4O3S/c21-15(9-17-11-5-1-3-7-13(11)20(22)23)18-10-16-19-12-6-2-4-8-14(12)24-16/h1-8,17H,9-10H2,(H,18,21). The van der Waals surface area contributed by atoms with Crippen molar-refractivity contribution in [3.63, 3.8) is 0 Å². The second-order valence-electron chi connectivity index (χ2n) is 4.98. The van der Waals surface area contributed by atoms with Crippen LogP contribution in [0.3, 0.4) is 0 Å². The summed E-state index contributed by atoms with van der Waals surface area (Å²) in [5.41, 5.74) is 1.17. The van der Waals surface area contributed by atoms with Crippen LogP contribution in [0.4, 0.5) is 11.4 Å². The summed E-state index contributed by atoms with van der Waals surface area (Å²) in [6.07, 6.45) is 0. The zero-order chi connectivity index (χ0) is 16.9. The van der Waals surface area contributed by atoms with Crippen molar-refractivity contribution in [3.8, 4) is 0 Å². The second-order valence-corrected chi connectivity index (χ2v) is 6.10. The van der Waals surface area contributed by atoms with E-state index in [1.807, 2.05) is 24.3 Å². The van der Waals surface area contributed by atoms with Crippen molar-refractivity contribution >= 4 is 38.8 Å². The Bertz CT molecular complexity index is 861. The maximum absolute atomic E-state index is 11.9. The minimum Gasteiger partial charge on any atom is -0.371 e. The largest absolute Gasteiger partial charge is 0.371 e. The normalized spacial score (nSPS) is 10.5. The number of para-hydroxylation sites is 3. The quantitative estimate of drug-likeness (QED) is 0.530. The number of carbonyl (C=O) groups is 1. The van der Waals surface area contributed by atoms with E-state index < -0.39 is 4.92 Å². The summed E-state index contributed by atoms with van der Waals surface area (Å²) in [7, 11) is 0. The lowest BCUT2D eigenvalue weighted by Gasteiger charge is -2.07. The summed E-state index contributed by atoms with van der Waals surface area (Å²) in [6.45, 7) is 0.284. The van der Waals surface area contributed by atoms with Crippen molar-refractivity contribution in [2.45, 2.75) is 6.54 Å². The Morgan fingerprint density at radius 1 is 1.17 bits per heavy atom. The monoisotopic (exact) mass is 342 g/mol. The van der Waals surface area contributed by atoms with E-state index in [9.17, 15) is 14.9 Å². The number of nitro benzene ring substituents is 1. The van der Waals surface area contributed by atoms with E-state index in [1.165, 1.54) is 17.4 Å². The highest BCUT2D eigenvalue weighted by Gasteiger charge is 2.13. The molecule has 1 amide bonds. The van der Waals surface area contributed by atoms with Crippen molar-refractivity contribution in [2.24, 2.45) is 0 Å². The number of hydrogen-bond acceptors (Lipinski definition) is 6. The van der Waals surface area contributed by atoms with Crippen molar-refractivity contribution in [1.82, 2.24) is 10.3 Å². The minimum atomic E-state index is -0.485. The Labute approximate surface area is 141 Å². The van der Waals surface area contributed by atoms with Crippen LogP contribution in [-0.4, -0.2) is 22.4 Å². The molecule has 122 valence electrons. The van der Waals surface area contributed by atoms with Gasteiger partial charge in [0, 0.05) is 6.07 Å². The molecule has 0 aliphatic carbocycles. The van der Waals surface area contributed by atoms with Crippen LogP contribution in [0.1, 0.15) is 5.01 Å². The maximum atomic E-state index is 11.9. The molecule has 0 saturated heterocycles. The van der Waals surface area contributed by atoms with Crippen LogP contribution < -0.4 is 10.6 Å². The minimum absolute atomic E-state index is 0.0459. The fraction of sp³-hybridized carbons (Fsp3) is 0.125. The lowest BCUT2D eigenvalue weighted by Crippen LogP contribution is -2.29. The van der Waals surface area contributed by atoms with Crippen LogP contribution in [0.2, 0.25) is 0 Å². The molecule has 0 bridgehead atoms. The van der Waals surface area contributed by atoms with Crippen LogP contribution >= 0.6 is 11.3 Å². The third-order valence-corrected chi connectivity index (χ3v) is 4.35. The number of anilines is 1. The summed E-state index contributed by atoms with van der Waals surface area (Å²) in [6, 6.07) is 14.0. The van der Waals surface area contributed by atoms with Crippen molar-refractivity contribution in [2.75, 3.05) is 11.9 Å². The molecule has 0 aliphatic heterocycles. The molecule has 1 heterocycles. The molecular formula is C16H14N4O3S. The Hall–Kier alpha value is -3.00. The lowest BCUT2D eigenvalue weighted by atomic mass is 10.2. The second kappa shape index (κ2) is 7.05. The summed E-state index contributed by atoms with van der Waals surface area (Å²) < 4.78 is 1.07. The zero-order valence-corrected chi connectivity index (χ0v) is 13.4. The number of amides is 1. The van der Waals surface area contributed by atoms with Crippen LogP contribution in [-0.2, 0) is 11.3 Å². The molecule has 0 radical (unpaired) electrons.